The maximum atomic E-state index is 11.4. The largest absolute Gasteiger partial charge is 0.441 e. The molecule has 4 nitrogen and oxygen atoms in total. The minimum atomic E-state index is -0.169. The molecule has 2 rings (SSSR count). The van der Waals surface area contributed by atoms with Crippen LogP contribution in [0.25, 0.3) is 0 Å². The van der Waals surface area contributed by atoms with Crippen molar-refractivity contribution in [2.24, 2.45) is 5.92 Å². The Hall–Kier alpha value is -0.770. The smallest absolute Gasteiger partial charge is 0.410 e. The highest BCUT2D eigenvalue weighted by atomic mass is 16.6. The second-order valence-electron chi connectivity index (χ2n) is 3.88. The van der Waals surface area contributed by atoms with Gasteiger partial charge in [-0.05, 0) is 12.3 Å². The highest BCUT2D eigenvalue weighted by molar-refractivity contribution is 5.68. The Balaban J connectivity index is 1.76. The van der Waals surface area contributed by atoms with Crippen molar-refractivity contribution < 1.29 is 14.3 Å². The molecule has 2 fully saturated rings. The van der Waals surface area contributed by atoms with E-state index < -0.39 is 0 Å². The highest BCUT2D eigenvalue weighted by Gasteiger charge is 2.29. The molecule has 13 heavy (non-hydrogen) atoms. The summed E-state index contributed by atoms with van der Waals surface area (Å²) < 4.78 is 10.1. The van der Waals surface area contributed by atoms with Crippen LogP contribution >= 0.6 is 0 Å². The number of hydrogen-bond donors (Lipinski definition) is 0. The molecule has 0 saturated carbocycles. The zero-order valence-corrected chi connectivity index (χ0v) is 7.86. The minimum Gasteiger partial charge on any atom is -0.441 e. The van der Waals surface area contributed by atoms with Crippen LogP contribution in [-0.4, -0.2) is 43.4 Å². The topological polar surface area (TPSA) is 38.8 Å². The van der Waals surface area contributed by atoms with E-state index in [1.165, 1.54) is 0 Å². The summed E-state index contributed by atoms with van der Waals surface area (Å²) in [6.07, 6.45) is 0.928. The van der Waals surface area contributed by atoms with Crippen molar-refractivity contribution in [3.05, 3.63) is 0 Å². The van der Waals surface area contributed by atoms with Crippen LogP contribution in [0.4, 0.5) is 4.79 Å². The third kappa shape index (κ3) is 1.94. The zero-order chi connectivity index (χ0) is 9.26. The van der Waals surface area contributed by atoms with Crippen molar-refractivity contribution in [3.63, 3.8) is 0 Å². The number of nitrogens with zero attached hydrogens (tertiary/aromatic N) is 1. The summed E-state index contributed by atoms with van der Waals surface area (Å²) in [5.41, 5.74) is 0. The fourth-order valence-corrected chi connectivity index (χ4v) is 1.60. The van der Waals surface area contributed by atoms with E-state index in [4.69, 9.17) is 9.47 Å². The molecule has 0 aromatic rings. The molecule has 74 valence electrons. The number of amides is 1. The molecule has 2 saturated heterocycles. The Morgan fingerprint density at radius 1 is 1.54 bits per heavy atom. The van der Waals surface area contributed by atoms with Crippen LogP contribution in [-0.2, 0) is 9.47 Å². The summed E-state index contributed by atoms with van der Waals surface area (Å²) >= 11 is 0. The Labute approximate surface area is 77.8 Å². The van der Waals surface area contributed by atoms with Gasteiger partial charge >= 0.3 is 6.09 Å². The fourth-order valence-electron chi connectivity index (χ4n) is 1.60. The molecular weight excluding hydrogens is 170 g/mol. The number of likely N-dealkylation sites (tertiary alicyclic amines) is 1. The van der Waals surface area contributed by atoms with Gasteiger partial charge in [0.1, 0.15) is 0 Å². The molecule has 2 aliphatic rings. The van der Waals surface area contributed by atoms with E-state index in [2.05, 4.69) is 6.92 Å². The van der Waals surface area contributed by atoms with E-state index in [1.54, 1.807) is 4.90 Å². The SMILES string of the molecule is CC1CCN(C(=O)OC2COC2)C1. The van der Waals surface area contributed by atoms with Crippen LogP contribution in [0.15, 0.2) is 0 Å². The Morgan fingerprint density at radius 3 is 2.77 bits per heavy atom. The predicted octanol–water partition coefficient (Wildman–Crippen LogP) is 0.864. The number of ether oxygens (including phenoxy) is 2. The average Bonchev–Trinajstić information content (AvgIpc) is 2.44. The van der Waals surface area contributed by atoms with Gasteiger partial charge in [0.15, 0.2) is 6.10 Å². The molecule has 2 aliphatic heterocycles. The Kier molecular flexibility index (Phi) is 2.40. The van der Waals surface area contributed by atoms with Crippen LogP contribution in [0.3, 0.4) is 0 Å². The highest BCUT2D eigenvalue weighted by Crippen LogP contribution is 2.17. The van der Waals surface area contributed by atoms with Gasteiger partial charge in [0.05, 0.1) is 13.2 Å². The fraction of sp³-hybridized carbons (Fsp3) is 0.889. The van der Waals surface area contributed by atoms with Gasteiger partial charge in [0.2, 0.25) is 0 Å². The predicted molar refractivity (Wildman–Crippen MR) is 46.4 cm³/mol. The lowest BCUT2D eigenvalue weighted by Crippen LogP contribution is -2.41. The standard InChI is InChI=1S/C9H15NO3/c1-7-2-3-10(4-7)9(11)13-8-5-12-6-8/h7-8H,2-6H2,1H3. The van der Waals surface area contributed by atoms with E-state index in [1.807, 2.05) is 0 Å². The number of carbonyl (C=O) groups is 1. The molecule has 1 unspecified atom stereocenters. The van der Waals surface area contributed by atoms with Gasteiger partial charge in [-0.1, -0.05) is 6.92 Å². The summed E-state index contributed by atoms with van der Waals surface area (Å²) in [6, 6.07) is 0. The number of carbonyl (C=O) groups excluding carboxylic acids is 1. The maximum Gasteiger partial charge on any atom is 0.410 e. The molecule has 0 bridgehead atoms. The summed E-state index contributed by atoms with van der Waals surface area (Å²) in [4.78, 5) is 13.2. The van der Waals surface area contributed by atoms with Crippen LogP contribution in [0.1, 0.15) is 13.3 Å². The molecule has 0 aromatic carbocycles. The van der Waals surface area contributed by atoms with Crippen molar-refractivity contribution >= 4 is 6.09 Å². The number of rotatable bonds is 1. The zero-order valence-electron chi connectivity index (χ0n) is 7.86. The second kappa shape index (κ2) is 3.54. The number of hydrogen-bond acceptors (Lipinski definition) is 3. The van der Waals surface area contributed by atoms with Gasteiger partial charge in [0, 0.05) is 13.1 Å². The van der Waals surface area contributed by atoms with Crippen LogP contribution in [0.2, 0.25) is 0 Å². The summed E-state index contributed by atoms with van der Waals surface area (Å²) in [5, 5.41) is 0. The minimum absolute atomic E-state index is 0.00315. The van der Waals surface area contributed by atoms with Crippen LogP contribution < -0.4 is 0 Å². The first-order valence-corrected chi connectivity index (χ1v) is 4.79. The first-order valence-electron chi connectivity index (χ1n) is 4.79. The molecule has 4 heteroatoms. The van der Waals surface area contributed by atoms with Gasteiger partial charge < -0.3 is 14.4 Å². The third-order valence-corrected chi connectivity index (χ3v) is 2.56. The molecule has 1 amide bonds. The lowest BCUT2D eigenvalue weighted by atomic mass is 10.2. The second-order valence-corrected chi connectivity index (χ2v) is 3.88. The van der Waals surface area contributed by atoms with Gasteiger partial charge in [-0.3, -0.25) is 0 Å². The molecule has 0 aliphatic carbocycles. The van der Waals surface area contributed by atoms with Crippen molar-refractivity contribution in [2.75, 3.05) is 26.3 Å². The van der Waals surface area contributed by atoms with Crippen molar-refractivity contribution in [1.82, 2.24) is 4.90 Å². The van der Waals surface area contributed by atoms with Crippen molar-refractivity contribution in [2.45, 2.75) is 19.4 Å². The molecule has 0 aromatic heterocycles. The first kappa shape index (κ1) is 8.81. The Bertz CT molecular complexity index is 203. The molecule has 1 atom stereocenters. The van der Waals surface area contributed by atoms with Crippen LogP contribution in [0.5, 0.6) is 0 Å². The molecule has 0 radical (unpaired) electrons. The summed E-state index contributed by atoms with van der Waals surface area (Å²) in [5.74, 6) is 0.616. The van der Waals surface area contributed by atoms with Gasteiger partial charge in [0.25, 0.3) is 0 Å². The average molecular weight is 185 g/mol. The normalized spacial score (nSPS) is 28.7. The quantitative estimate of drug-likeness (QED) is 0.608. The maximum absolute atomic E-state index is 11.4. The summed E-state index contributed by atoms with van der Waals surface area (Å²) in [6.45, 7) is 4.96. The molecular formula is C9H15NO3. The van der Waals surface area contributed by atoms with E-state index in [0.29, 0.717) is 19.1 Å². The van der Waals surface area contributed by atoms with Crippen molar-refractivity contribution in [3.8, 4) is 0 Å². The third-order valence-electron chi connectivity index (χ3n) is 2.56. The van der Waals surface area contributed by atoms with E-state index in [9.17, 15) is 4.79 Å². The molecule has 0 N–H and O–H groups in total. The lowest BCUT2D eigenvalue weighted by molar-refractivity contribution is -0.104. The van der Waals surface area contributed by atoms with Gasteiger partial charge in [-0.2, -0.15) is 0 Å². The summed E-state index contributed by atoms with van der Waals surface area (Å²) in [7, 11) is 0. The molecule has 0 spiro atoms. The monoisotopic (exact) mass is 185 g/mol. The Morgan fingerprint density at radius 2 is 2.31 bits per heavy atom. The van der Waals surface area contributed by atoms with Gasteiger partial charge in [-0.25, -0.2) is 4.79 Å². The first-order chi connectivity index (χ1) is 6.25. The van der Waals surface area contributed by atoms with Crippen LogP contribution in [0, 0.1) is 5.92 Å². The van der Waals surface area contributed by atoms with E-state index in [0.717, 1.165) is 19.5 Å². The lowest BCUT2D eigenvalue weighted by Gasteiger charge is -2.27. The van der Waals surface area contributed by atoms with Crippen molar-refractivity contribution in [1.29, 1.82) is 0 Å². The van der Waals surface area contributed by atoms with E-state index in [-0.39, 0.29) is 12.2 Å². The molecule has 2 heterocycles. The van der Waals surface area contributed by atoms with Gasteiger partial charge in [-0.15, -0.1) is 0 Å². The van der Waals surface area contributed by atoms with E-state index >= 15 is 0 Å².